The Hall–Kier alpha value is -0.570. The van der Waals surface area contributed by atoms with Crippen LogP contribution in [0.5, 0.6) is 0 Å². The molecule has 1 unspecified atom stereocenters. The first-order valence-electron chi connectivity index (χ1n) is 5.51. The van der Waals surface area contributed by atoms with E-state index in [0.717, 1.165) is 6.04 Å². The largest absolute Gasteiger partial charge is 0.372 e. The minimum Gasteiger partial charge on any atom is -0.372 e. The van der Waals surface area contributed by atoms with Crippen LogP contribution in [-0.4, -0.2) is 30.4 Å². The third-order valence-electron chi connectivity index (χ3n) is 3.56. The SMILES string of the molecule is CC1(C)CCN2CCCCC21.NC=O. The molecule has 82 valence electrons. The minimum atomic E-state index is 0.250. The third kappa shape index (κ3) is 2.47. The summed E-state index contributed by atoms with van der Waals surface area (Å²) in [6, 6.07) is 0.913. The third-order valence-corrected chi connectivity index (χ3v) is 3.56. The zero-order chi connectivity index (χ0) is 10.6. The number of carbonyl (C=O) groups is 1. The summed E-state index contributed by atoms with van der Waals surface area (Å²) in [5, 5.41) is 0. The van der Waals surface area contributed by atoms with Gasteiger partial charge in [-0.2, -0.15) is 0 Å². The van der Waals surface area contributed by atoms with E-state index in [1.54, 1.807) is 0 Å². The molecule has 2 rings (SSSR count). The number of fused-ring (bicyclic) bond motifs is 1. The van der Waals surface area contributed by atoms with Crippen molar-refractivity contribution in [3.8, 4) is 0 Å². The Labute approximate surface area is 86.6 Å². The number of carbonyl (C=O) groups excluding carboxylic acids is 1. The molecule has 1 amide bonds. The molecule has 0 bridgehead atoms. The van der Waals surface area contributed by atoms with Crippen LogP contribution in [-0.2, 0) is 4.79 Å². The first kappa shape index (κ1) is 11.5. The van der Waals surface area contributed by atoms with Gasteiger partial charge in [-0.15, -0.1) is 0 Å². The molecule has 0 aromatic rings. The molecule has 0 aromatic carbocycles. The van der Waals surface area contributed by atoms with E-state index in [1.165, 1.54) is 38.8 Å². The van der Waals surface area contributed by atoms with Crippen molar-refractivity contribution in [3.05, 3.63) is 0 Å². The van der Waals surface area contributed by atoms with Crippen LogP contribution in [0.15, 0.2) is 0 Å². The summed E-state index contributed by atoms with van der Waals surface area (Å²) in [7, 11) is 0. The van der Waals surface area contributed by atoms with Crippen LogP contribution in [0.1, 0.15) is 39.5 Å². The van der Waals surface area contributed by atoms with Gasteiger partial charge in [0, 0.05) is 6.04 Å². The van der Waals surface area contributed by atoms with Gasteiger partial charge in [-0.3, -0.25) is 9.69 Å². The predicted octanol–water partition coefficient (Wildman–Crippen LogP) is 1.37. The Morgan fingerprint density at radius 3 is 2.57 bits per heavy atom. The quantitative estimate of drug-likeness (QED) is 0.598. The van der Waals surface area contributed by atoms with Crippen molar-refractivity contribution in [2.45, 2.75) is 45.6 Å². The minimum absolute atomic E-state index is 0.250. The summed E-state index contributed by atoms with van der Waals surface area (Å²) in [6.45, 7) is 7.59. The van der Waals surface area contributed by atoms with Crippen LogP contribution < -0.4 is 5.73 Å². The molecule has 0 saturated carbocycles. The lowest BCUT2D eigenvalue weighted by Crippen LogP contribution is -2.40. The number of hydrogen-bond donors (Lipinski definition) is 1. The fraction of sp³-hybridized carbons (Fsp3) is 0.909. The first-order chi connectivity index (χ1) is 6.61. The number of piperidine rings is 1. The van der Waals surface area contributed by atoms with Crippen LogP contribution in [0.25, 0.3) is 0 Å². The van der Waals surface area contributed by atoms with Gasteiger partial charge in [0.1, 0.15) is 0 Å². The van der Waals surface area contributed by atoms with E-state index in [9.17, 15) is 0 Å². The number of primary amides is 1. The topological polar surface area (TPSA) is 46.3 Å². The van der Waals surface area contributed by atoms with Crippen molar-refractivity contribution in [3.63, 3.8) is 0 Å². The Morgan fingerprint density at radius 2 is 2.00 bits per heavy atom. The Balaban J connectivity index is 0.000000293. The maximum atomic E-state index is 8.58. The molecule has 2 fully saturated rings. The smallest absolute Gasteiger partial charge is 0.204 e. The molecule has 14 heavy (non-hydrogen) atoms. The number of amides is 1. The fourth-order valence-electron chi connectivity index (χ4n) is 2.74. The van der Waals surface area contributed by atoms with Gasteiger partial charge in [0.05, 0.1) is 0 Å². The van der Waals surface area contributed by atoms with Crippen LogP contribution in [0.4, 0.5) is 0 Å². The summed E-state index contributed by atoms with van der Waals surface area (Å²) < 4.78 is 0. The van der Waals surface area contributed by atoms with Crippen molar-refractivity contribution < 1.29 is 4.79 Å². The zero-order valence-electron chi connectivity index (χ0n) is 9.33. The molecular weight excluding hydrogens is 176 g/mol. The molecule has 3 nitrogen and oxygen atoms in total. The van der Waals surface area contributed by atoms with Crippen LogP contribution in [0.3, 0.4) is 0 Å². The summed E-state index contributed by atoms with van der Waals surface area (Å²) in [4.78, 5) is 11.3. The molecule has 1 atom stereocenters. The van der Waals surface area contributed by atoms with Gasteiger partial charge in [-0.25, -0.2) is 0 Å². The highest BCUT2D eigenvalue weighted by molar-refractivity contribution is 5.42. The van der Waals surface area contributed by atoms with Gasteiger partial charge in [0.2, 0.25) is 6.41 Å². The van der Waals surface area contributed by atoms with E-state index in [1.807, 2.05) is 0 Å². The highest BCUT2D eigenvalue weighted by atomic mass is 16.1. The van der Waals surface area contributed by atoms with Crippen LogP contribution in [0.2, 0.25) is 0 Å². The Morgan fingerprint density at radius 1 is 1.36 bits per heavy atom. The van der Waals surface area contributed by atoms with E-state index in [4.69, 9.17) is 4.79 Å². The first-order valence-corrected chi connectivity index (χ1v) is 5.51. The second-order valence-corrected chi connectivity index (χ2v) is 4.92. The molecule has 0 radical (unpaired) electrons. The van der Waals surface area contributed by atoms with Gasteiger partial charge < -0.3 is 5.73 Å². The fourth-order valence-corrected chi connectivity index (χ4v) is 2.74. The van der Waals surface area contributed by atoms with Gasteiger partial charge >= 0.3 is 0 Å². The maximum absolute atomic E-state index is 8.58. The average molecular weight is 198 g/mol. The molecule has 0 spiro atoms. The van der Waals surface area contributed by atoms with Gasteiger partial charge in [0.15, 0.2) is 0 Å². The van der Waals surface area contributed by atoms with E-state index in [2.05, 4.69) is 24.5 Å². The van der Waals surface area contributed by atoms with Crippen molar-refractivity contribution in [1.29, 1.82) is 0 Å². The van der Waals surface area contributed by atoms with Crippen molar-refractivity contribution in [2.24, 2.45) is 11.1 Å². The summed E-state index contributed by atoms with van der Waals surface area (Å²) >= 11 is 0. The highest BCUT2D eigenvalue weighted by Gasteiger charge is 2.40. The zero-order valence-corrected chi connectivity index (χ0v) is 9.33. The molecule has 3 heteroatoms. The molecular formula is C11H22N2O. The number of hydrogen-bond acceptors (Lipinski definition) is 2. The molecule has 2 heterocycles. The predicted molar refractivity (Wildman–Crippen MR) is 57.9 cm³/mol. The Bertz CT molecular complexity index is 192. The lowest BCUT2D eigenvalue weighted by Gasteiger charge is -2.36. The van der Waals surface area contributed by atoms with Crippen molar-refractivity contribution in [1.82, 2.24) is 4.90 Å². The van der Waals surface area contributed by atoms with E-state index in [-0.39, 0.29) is 6.41 Å². The van der Waals surface area contributed by atoms with Crippen molar-refractivity contribution in [2.75, 3.05) is 13.1 Å². The normalized spacial score (nSPS) is 30.0. The van der Waals surface area contributed by atoms with Gasteiger partial charge in [-0.05, 0) is 37.8 Å². The number of nitrogens with two attached hydrogens (primary N) is 1. The summed E-state index contributed by atoms with van der Waals surface area (Å²) in [5.74, 6) is 0. The summed E-state index contributed by atoms with van der Waals surface area (Å²) in [6.07, 6.45) is 6.02. The maximum Gasteiger partial charge on any atom is 0.204 e. The summed E-state index contributed by atoms with van der Waals surface area (Å²) in [5.41, 5.74) is 4.78. The van der Waals surface area contributed by atoms with Crippen LogP contribution in [0, 0.1) is 5.41 Å². The number of rotatable bonds is 0. The van der Waals surface area contributed by atoms with E-state index < -0.39 is 0 Å². The lowest BCUT2D eigenvalue weighted by atomic mass is 9.81. The lowest BCUT2D eigenvalue weighted by molar-refractivity contribution is -0.106. The van der Waals surface area contributed by atoms with E-state index >= 15 is 0 Å². The second kappa shape index (κ2) is 4.78. The highest BCUT2D eigenvalue weighted by Crippen LogP contribution is 2.40. The molecule has 2 aliphatic rings. The van der Waals surface area contributed by atoms with Crippen LogP contribution >= 0.6 is 0 Å². The second-order valence-electron chi connectivity index (χ2n) is 4.92. The molecule has 0 aliphatic carbocycles. The number of nitrogens with zero attached hydrogens (tertiary/aromatic N) is 1. The monoisotopic (exact) mass is 198 g/mol. The molecule has 0 aromatic heterocycles. The average Bonchev–Trinajstić information content (AvgIpc) is 2.45. The molecule has 2 N–H and O–H groups in total. The molecule has 2 aliphatic heterocycles. The van der Waals surface area contributed by atoms with Gasteiger partial charge in [0.25, 0.3) is 0 Å². The van der Waals surface area contributed by atoms with Gasteiger partial charge in [-0.1, -0.05) is 20.3 Å². The standard InChI is InChI=1S/C10H19N.CH3NO/c1-10(2)6-8-11-7-4-3-5-9(10)11;2-1-3/h9H,3-8H2,1-2H3;1H,(H2,2,3). The molecule has 2 saturated heterocycles. The Kier molecular flexibility index (Phi) is 3.93. The van der Waals surface area contributed by atoms with Crippen molar-refractivity contribution >= 4 is 6.41 Å². The van der Waals surface area contributed by atoms with E-state index in [0.29, 0.717) is 5.41 Å².